The normalized spacial score (nSPS) is 17.5. The number of nitrogens with zero attached hydrogens (tertiary/aromatic N) is 2. The number of rotatable bonds is 5. The molecule has 2 rings (SSSR count). The van der Waals surface area contributed by atoms with Gasteiger partial charge < -0.3 is 15.0 Å². The molecule has 0 unspecified atom stereocenters. The molecular weight excluding hydrogens is 218 g/mol. The van der Waals surface area contributed by atoms with Crippen LogP contribution in [0.1, 0.15) is 32.6 Å². The van der Waals surface area contributed by atoms with Crippen LogP contribution in [-0.4, -0.2) is 26.8 Å². The SMILES string of the molecule is CCCn1ccnc(NCC2(O)CCC2)c1=O. The Labute approximate surface area is 100 Å². The Morgan fingerprint density at radius 2 is 2.35 bits per heavy atom. The van der Waals surface area contributed by atoms with Crippen LogP contribution in [0.5, 0.6) is 0 Å². The van der Waals surface area contributed by atoms with Gasteiger partial charge in [-0.3, -0.25) is 4.79 Å². The van der Waals surface area contributed by atoms with Crippen LogP contribution in [0.15, 0.2) is 17.2 Å². The van der Waals surface area contributed by atoms with Crippen LogP contribution in [0.25, 0.3) is 0 Å². The molecule has 1 aliphatic carbocycles. The molecule has 0 bridgehead atoms. The Kier molecular flexibility index (Phi) is 3.47. The smallest absolute Gasteiger partial charge is 0.293 e. The van der Waals surface area contributed by atoms with Gasteiger partial charge in [-0.1, -0.05) is 6.92 Å². The fourth-order valence-corrected chi connectivity index (χ4v) is 2.00. The highest BCUT2D eigenvalue weighted by atomic mass is 16.3. The van der Waals surface area contributed by atoms with Crippen molar-refractivity contribution < 1.29 is 5.11 Å². The first kappa shape index (κ1) is 12.1. The second-order valence-corrected chi connectivity index (χ2v) is 4.71. The summed E-state index contributed by atoms with van der Waals surface area (Å²) in [6.45, 7) is 3.13. The van der Waals surface area contributed by atoms with Crippen molar-refractivity contribution in [3.63, 3.8) is 0 Å². The summed E-state index contributed by atoms with van der Waals surface area (Å²) in [6.07, 6.45) is 6.87. The summed E-state index contributed by atoms with van der Waals surface area (Å²) >= 11 is 0. The van der Waals surface area contributed by atoms with Crippen LogP contribution in [-0.2, 0) is 6.54 Å². The van der Waals surface area contributed by atoms with Gasteiger partial charge in [-0.05, 0) is 25.7 Å². The molecule has 1 aliphatic rings. The van der Waals surface area contributed by atoms with Gasteiger partial charge in [0.25, 0.3) is 5.56 Å². The fraction of sp³-hybridized carbons (Fsp3) is 0.667. The number of hydrogen-bond donors (Lipinski definition) is 2. The average Bonchev–Trinajstić information content (AvgIpc) is 2.28. The number of aryl methyl sites for hydroxylation is 1. The molecule has 0 spiro atoms. The van der Waals surface area contributed by atoms with E-state index < -0.39 is 5.60 Å². The molecule has 0 radical (unpaired) electrons. The van der Waals surface area contributed by atoms with Crippen molar-refractivity contribution in [1.29, 1.82) is 0 Å². The molecule has 0 aliphatic heterocycles. The van der Waals surface area contributed by atoms with Crippen LogP contribution in [0, 0.1) is 0 Å². The number of anilines is 1. The predicted octanol–water partition coefficient (Wildman–Crippen LogP) is 0.980. The van der Waals surface area contributed by atoms with Crippen LogP contribution in [0.2, 0.25) is 0 Å². The zero-order valence-electron chi connectivity index (χ0n) is 10.1. The first-order valence-corrected chi connectivity index (χ1v) is 6.16. The molecule has 0 aromatic carbocycles. The number of nitrogens with one attached hydrogen (secondary N) is 1. The van der Waals surface area contributed by atoms with E-state index in [4.69, 9.17) is 0 Å². The van der Waals surface area contributed by atoms with Gasteiger partial charge in [0.1, 0.15) is 0 Å². The molecular formula is C12H19N3O2. The van der Waals surface area contributed by atoms with Gasteiger partial charge in [-0.2, -0.15) is 0 Å². The van der Waals surface area contributed by atoms with Crippen molar-refractivity contribution in [3.8, 4) is 0 Å². The predicted molar refractivity (Wildman–Crippen MR) is 66.1 cm³/mol. The summed E-state index contributed by atoms with van der Waals surface area (Å²) in [5, 5.41) is 12.9. The van der Waals surface area contributed by atoms with E-state index in [2.05, 4.69) is 10.3 Å². The lowest BCUT2D eigenvalue weighted by molar-refractivity contribution is -0.0202. The monoisotopic (exact) mass is 237 g/mol. The van der Waals surface area contributed by atoms with Crippen molar-refractivity contribution in [2.75, 3.05) is 11.9 Å². The fourth-order valence-electron chi connectivity index (χ4n) is 2.00. The van der Waals surface area contributed by atoms with Crippen molar-refractivity contribution in [2.24, 2.45) is 0 Å². The topological polar surface area (TPSA) is 67.2 Å². The van der Waals surface area contributed by atoms with E-state index in [9.17, 15) is 9.90 Å². The molecule has 1 aromatic rings. The lowest BCUT2D eigenvalue weighted by Crippen LogP contribution is -2.44. The standard InChI is InChI=1S/C12H19N3O2/c1-2-7-15-8-6-13-10(11(15)16)14-9-12(17)4-3-5-12/h6,8,17H,2-5,7,9H2,1H3,(H,13,14). The van der Waals surface area contributed by atoms with Gasteiger partial charge in [0, 0.05) is 25.5 Å². The van der Waals surface area contributed by atoms with Crippen molar-refractivity contribution in [3.05, 3.63) is 22.7 Å². The lowest BCUT2D eigenvalue weighted by Gasteiger charge is -2.36. The van der Waals surface area contributed by atoms with Gasteiger partial charge in [0.2, 0.25) is 0 Å². The highest BCUT2D eigenvalue weighted by Gasteiger charge is 2.34. The van der Waals surface area contributed by atoms with E-state index in [1.54, 1.807) is 17.0 Å². The lowest BCUT2D eigenvalue weighted by atomic mass is 9.80. The Morgan fingerprint density at radius 3 is 2.94 bits per heavy atom. The second kappa shape index (κ2) is 4.87. The van der Waals surface area contributed by atoms with Crippen LogP contribution in [0.3, 0.4) is 0 Å². The quantitative estimate of drug-likeness (QED) is 0.801. The molecule has 5 heteroatoms. The third-order valence-corrected chi connectivity index (χ3v) is 3.25. The second-order valence-electron chi connectivity index (χ2n) is 4.71. The van der Waals surface area contributed by atoms with Crippen LogP contribution in [0.4, 0.5) is 5.82 Å². The van der Waals surface area contributed by atoms with Gasteiger partial charge >= 0.3 is 0 Å². The molecule has 17 heavy (non-hydrogen) atoms. The van der Waals surface area contributed by atoms with Gasteiger partial charge in [-0.25, -0.2) is 4.98 Å². The maximum Gasteiger partial charge on any atom is 0.293 e. The van der Waals surface area contributed by atoms with E-state index in [-0.39, 0.29) is 5.56 Å². The first-order valence-electron chi connectivity index (χ1n) is 6.16. The molecule has 0 saturated heterocycles. The molecule has 0 atom stereocenters. The van der Waals surface area contributed by atoms with E-state index >= 15 is 0 Å². The number of hydrogen-bond acceptors (Lipinski definition) is 4. The zero-order valence-corrected chi connectivity index (χ0v) is 10.1. The third-order valence-electron chi connectivity index (χ3n) is 3.25. The minimum absolute atomic E-state index is 0.114. The molecule has 5 nitrogen and oxygen atoms in total. The third kappa shape index (κ3) is 2.66. The Morgan fingerprint density at radius 1 is 1.59 bits per heavy atom. The number of aliphatic hydroxyl groups is 1. The maximum absolute atomic E-state index is 11.9. The minimum atomic E-state index is -0.639. The van der Waals surface area contributed by atoms with E-state index in [1.807, 2.05) is 6.92 Å². The van der Waals surface area contributed by atoms with Crippen molar-refractivity contribution >= 4 is 5.82 Å². The summed E-state index contributed by atoms with van der Waals surface area (Å²) in [5.74, 6) is 0.335. The van der Waals surface area contributed by atoms with E-state index in [1.165, 1.54) is 0 Å². The molecule has 1 heterocycles. The van der Waals surface area contributed by atoms with Crippen LogP contribution < -0.4 is 10.9 Å². The Bertz CT molecular complexity index is 438. The highest BCUT2D eigenvalue weighted by Crippen LogP contribution is 2.31. The molecule has 0 amide bonds. The molecule has 1 saturated carbocycles. The van der Waals surface area contributed by atoms with Crippen molar-refractivity contribution in [2.45, 2.75) is 44.8 Å². The summed E-state index contributed by atoms with van der Waals surface area (Å²) in [4.78, 5) is 16.0. The molecule has 1 fully saturated rings. The maximum atomic E-state index is 11.9. The summed E-state index contributed by atoms with van der Waals surface area (Å²) in [7, 11) is 0. The molecule has 1 aromatic heterocycles. The summed E-state index contributed by atoms with van der Waals surface area (Å²) < 4.78 is 1.64. The van der Waals surface area contributed by atoms with Gasteiger partial charge in [-0.15, -0.1) is 0 Å². The largest absolute Gasteiger partial charge is 0.388 e. The van der Waals surface area contributed by atoms with Crippen LogP contribution >= 0.6 is 0 Å². The minimum Gasteiger partial charge on any atom is -0.388 e. The Balaban J connectivity index is 2.05. The Hall–Kier alpha value is -1.36. The summed E-state index contributed by atoms with van der Waals surface area (Å²) in [6, 6.07) is 0. The zero-order chi connectivity index (χ0) is 12.3. The van der Waals surface area contributed by atoms with Gasteiger partial charge in [0.15, 0.2) is 5.82 Å². The van der Waals surface area contributed by atoms with E-state index in [0.717, 1.165) is 25.7 Å². The molecule has 2 N–H and O–H groups in total. The first-order chi connectivity index (χ1) is 8.14. The van der Waals surface area contributed by atoms with Gasteiger partial charge in [0.05, 0.1) is 5.60 Å². The number of aromatic nitrogens is 2. The highest BCUT2D eigenvalue weighted by molar-refractivity contribution is 5.31. The van der Waals surface area contributed by atoms with Crippen molar-refractivity contribution in [1.82, 2.24) is 9.55 Å². The molecule has 94 valence electrons. The average molecular weight is 237 g/mol. The summed E-state index contributed by atoms with van der Waals surface area (Å²) in [5.41, 5.74) is -0.753. The van der Waals surface area contributed by atoms with E-state index in [0.29, 0.717) is 18.9 Å².